The zero-order valence-electron chi connectivity index (χ0n) is 11.9. The highest BCUT2D eigenvalue weighted by Crippen LogP contribution is 2.41. The molecule has 0 amide bonds. The minimum atomic E-state index is -5.29. The number of hydrogen-bond donors (Lipinski definition) is 0. The van der Waals surface area contributed by atoms with Crippen molar-refractivity contribution >= 4 is 10.8 Å². The van der Waals surface area contributed by atoms with E-state index in [1.54, 1.807) is 24.3 Å². The van der Waals surface area contributed by atoms with E-state index in [2.05, 4.69) is 0 Å². The standard InChI is InChI=1S/C16H14F6O/c17-15(18,19)14(16(20,21)22)9-4-10-23-13-8-3-6-11-5-1-2-7-12(11)13/h1-3,5-8,14H,4,9-10H2. The first kappa shape index (κ1) is 17.4. The smallest absolute Gasteiger partial charge is 0.400 e. The van der Waals surface area contributed by atoms with Gasteiger partial charge in [-0.3, -0.25) is 0 Å². The molecule has 0 fully saturated rings. The number of alkyl halides is 6. The van der Waals surface area contributed by atoms with Gasteiger partial charge in [-0.15, -0.1) is 0 Å². The zero-order valence-corrected chi connectivity index (χ0v) is 11.9. The molecule has 0 aliphatic carbocycles. The summed E-state index contributed by atoms with van der Waals surface area (Å²) in [7, 11) is 0. The molecule has 7 heteroatoms. The van der Waals surface area contributed by atoms with Gasteiger partial charge in [0.05, 0.1) is 6.61 Å². The molecule has 1 nitrogen and oxygen atoms in total. The normalized spacial score (nSPS) is 12.8. The lowest BCUT2D eigenvalue weighted by atomic mass is 10.0. The Bertz CT molecular complexity index is 628. The maximum absolute atomic E-state index is 12.4. The van der Waals surface area contributed by atoms with E-state index < -0.39 is 24.7 Å². The van der Waals surface area contributed by atoms with E-state index in [0.29, 0.717) is 5.75 Å². The van der Waals surface area contributed by atoms with E-state index in [-0.39, 0.29) is 13.0 Å². The monoisotopic (exact) mass is 336 g/mol. The summed E-state index contributed by atoms with van der Waals surface area (Å²) in [6, 6.07) is 12.4. The van der Waals surface area contributed by atoms with Crippen molar-refractivity contribution in [1.29, 1.82) is 0 Å². The lowest BCUT2D eigenvalue weighted by molar-refractivity contribution is -0.286. The van der Waals surface area contributed by atoms with Crippen LogP contribution in [0, 0.1) is 5.92 Å². The van der Waals surface area contributed by atoms with E-state index in [1.807, 2.05) is 18.2 Å². The summed E-state index contributed by atoms with van der Waals surface area (Å²) in [6.45, 7) is -0.212. The summed E-state index contributed by atoms with van der Waals surface area (Å²) in [6.07, 6.45) is -12.0. The van der Waals surface area contributed by atoms with Crippen molar-refractivity contribution < 1.29 is 31.1 Å². The molecule has 0 aliphatic heterocycles. The van der Waals surface area contributed by atoms with E-state index in [9.17, 15) is 26.3 Å². The largest absolute Gasteiger partial charge is 0.493 e. The van der Waals surface area contributed by atoms with Crippen LogP contribution in [0.25, 0.3) is 10.8 Å². The van der Waals surface area contributed by atoms with Gasteiger partial charge in [0.2, 0.25) is 0 Å². The first-order valence-corrected chi connectivity index (χ1v) is 6.93. The van der Waals surface area contributed by atoms with Gasteiger partial charge in [0.1, 0.15) is 5.75 Å². The SMILES string of the molecule is FC(F)(F)C(CCCOc1cccc2ccccc12)C(F)(F)F. The molecule has 23 heavy (non-hydrogen) atoms. The van der Waals surface area contributed by atoms with Crippen LogP contribution in [0.15, 0.2) is 42.5 Å². The van der Waals surface area contributed by atoms with Gasteiger partial charge in [0.25, 0.3) is 0 Å². The van der Waals surface area contributed by atoms with Crippen molar-refractivity contribution in [3.63, 3.8) is 0 Å². The quantitative estimate of drug-likeness (QED) is 0.500. The van der Waals surface area contributed by atoms with Gasteiger partial charge in [-0.1, -0.05) is 36.4 Å². The number of benzene rings is 2. The summed E-state index contributed by atoms with van der Waals surface area (Å²) in [4.78, 5) is 0. The Kier molecular flexibility index (Phi) is 5.06. The van der Waals surface area contributed by atoms with Crippen LogP contribution in [0.3, 0.4) is 0 Å². The number of rotatable bonds is 5. The number of hydrogen-bond acceptors (Lipinski definition) is 1. The topological polar surface area (TPSA) is 9.23 Å². The van der Waals surface area contributed by atoms with Gasteiger partial charge in [0, 0.05) is 5.39 Å². The van der Waals surface area contributed by atoms with Gasteiger partial charge < -0.3 is 4.74 Å². The maximum Gasteiger partial charge on any atom is 0.400 e. The van der Waals surface area contributed by atoms with Crippen LogP contribution in [-0.2, 0) is 0 Å². The summed E-state index contributed by atoms with van der Waals surface area (Å²) in [5, 5.41) is 1.65. The molecule has 0 unspecified atom stereocenters. The molecular weight excluding hydrogens is 322 g/mol. The van der Waals surface area contributed by atoms with Crippen molar-refractivity contribution in [2.24, 2.45) is 5.92 Å². The zero-order chi connectivity index (χ0) is 17.1. The number of ether oxygens (including phenoxy) is 1. The Morgan fingerprint density at radius 3 is 2.09 bits per heavy atom. The fourth-order valence-corrected chi connectivity index (χ4v) is 2.30. The molecule has 0 radical (unpaired) electrons. The minimum absolute atomic E-state index is 0.212. The Balaban J connectivity index is 1.96. The molecule has 0 saturated carbocycles. The van der Waals surface area contributed by atoms with Crippen molar-refractivity contribution in [2.45, 2.75) is 25.2 Å². The molecule has 2 aromatic rings. The minimum Gasteiger partial charge on any atom is -0.493 e. The average molecular weight is 336 g/mol. The summed E-state index contributed by atoms with van der Waals surface area (Å²) in [5.41, 5.74) is 0. The van der Waals surface area contributed by atoms with Gasteiger partial charge in [-0.2, -0.15) is 26.3 Å². The van der Waals surface area contributed by atoms with Crippen LogP contribution in [-0.4, -0.2) is 19.0 Å². The molecule has 0 aliphatic rings. The second-order valence-electron chi connectivity index (χ2n) is 5.10. The Morgan fingerprint density at radius 1 is 0.826 bits per heavy atom. The summed E-state index contributed by atoms with van der Waals surface area (Å²) < 4.78 is 79.8. The molecule has 0 bridgehead atoms. The maximum atomic E-state index is 12.4. The van der Waals surface area contributed by atoms with Crippen LogP contribution in [0.5, 0.6) is 5.75 Å². The molecule has 0 N–H and O–H groups in total. The second-order valence-corrected chi connectivity index (χ2v) is 5.10. The number of fused-ring (bicyclic) bond motifs is 1. The Labute approximate surface area is 128 Å². The molecule has 2 rings (SSSR count). The fraction of sp³-hybridized carbons (Fsp3) is 0.375. The average Bonchev–Trinajstić information content (AvgIpc) is 2.44. The predicted molar refractivity (Wildman–Crippen MR) is 74.3 cm³/mol. The summed E-state index contributed by atoms with van der Waals surface area (Å²) >= 11 is 0. The first-order chi connectivity index (χ1) is 10.7. The van der Waals surface area contributed by atoms with E-state index in [0.717, 1.165) is 10.8 Å². The van der Waals surface area contributed by atoms with Crippen LogP contribution >= 0.6 is 0 Å². The van der Waals surface area contributed by atoms with E-state index in [1.165, 1.54) is 0 Å². The van der Waals surface area contributed by atoms with Crippen LogP contribution in [0.4, 0.5) is 26.3 Å². The molecule has 0 aromatic heterocycles. The Morgan fingerprint density at radius 2 is 1.43 bits per heavy atom. The van der Waals surface area contributed by atoms with Gasteiger partial charge in [-0.05, 0) is 24.3 Å². The van der Waals surface area contributed by atoms with Crippen molar-refractivity contribution in [1.82, 2.24) is 0 Å². The first-order valence-electron chi connectivity index (χ1n) is 6.93. The van der Waals surface area contributed by atoms with Crippen molar-refractivity contribution in [3.8, 4) is 5.75 Å². The molecule has 0 atom stereocenters. The highest BCUT2D eigenvalue weighted by atomic mass is 19.4. The molecular formula is C16H14F6O. The van der Waals surface area contributed by atoms with Crippen molar-refractivity contribution in [2.75, 3.05) is 6.61 Å². The van der Waals surface area contributed by atoms with Gasteiger partial charge in [0.15, 0.2) is 5.92 Å². The molecule has 0 saturated heterocycles. The second kappa shape index (κ2) is 6.68. The molecule has 0 heterocycles. The fourth-order valence-electron chi connectivity index (χ4n) is 2.30. The molecule has 0 spiro atoms. The van der Waals surface area contributed by atoms with Crippen molar-refractivity contribution in [3.05, 3.63) is 42.5 Å². The third-order valence-electron chi connectivity index (χ3n) is 3.43. The van der Waals surface area contributed by atoms with E-state index >= 15 is 0 Å². The molecule has 126 valence electrons. The summed E-state index contributed by atoms with van der Waals surface area (Å²) in [5.74, 6) is -2.87. The lowest BCUT2D eigenvalue weighted by Crippen LogP contribution is -2.36. The van der Waals surface area contributed by atoms with Gasteiger partial charge in [-0.25, -0.2) is 0 Å². The van der Waals surface area contributed by atoms with Gasteiger partial charge >= 0.3 is 12.4 Å². The highest BCUT2D eigenvalue weighted by molar-refractivity contribution is 5.88. The van der Waals surface area contributed by atoms with Crippen LogP contribution < -0.4 is 4.74 Å². The highest BCUT2D eigenvalue weighted by Gasteiger charge is 2.55. The van der Waals surface area contributed by atoms with E-state index in [4.69, 9.17) is 4.74 Å². The predicted octanol–water partition coefficient (Wildman–Crippen LogP) is 5.74. The number of halogens is 6. The molecule has 2 aromatic carbocycles. The lowest BCUT2D eigenvalue weighted by Gasteiger charge is -2.22. The van der Waals surface area contributed by atoms with Crippen LogP contribution in [0.1, 0.15) is 12.8 Å². The third-order valence-corrected chi connectivity index (χ3v) is 3.43. The Hall–Kier alpha value is -1.92. The van der Waals surface area contributed by atoms with Crippen LogP contribution in [0.2, 0.25) is 0 Å². The third kappa shape index (κ3) is 4.53.